The van der Waals surface area contributed by atoms with Crippen molar-refractivity contribution in [3.63, 3.8) is 0 Å². The Morgan fingerprint density at radius 3 is 2.95 bits per heavy atom. The highest BCUT2D eigenvalue weighted by molar-refractivity contribution is 5.85. The zero-order chi connectivity index (χ0) is 15.1. The molecule has 1 unspecified atom stereocenters. The van der Waals surface area contributed by atoms with E-state index in [9.17, 15) is 9.18 Å². The van der Waals surface area contributed by atoms with Gasteiger partial charge in [0.15, 0.2) is 11.6 Å². The Labute approximate surface area is 137 Å². The van der Waals surface area contributed by atoms with Crippen molar-refractivity contribution in [3.8, 4) is 5.75 Å². The van der Waals surface area contributed by atoms with Gasteiger partial charge in [-0.05, 0) is 38.4 Å². The monoisotopic (exact) mass is 330 g/mol. The van der Waals surface area contributed by atoms with E-state index >= 15 is 0 Å². The van der Waals surface area contributed by atoms with Gasteiger partial charge >= 0.3 is 0 Å². The molecule has 124 valence electrons. The van der Waals surface area contributed by atoms with E-state index in [2.05, 4.69) is 5.32 Å². The van der Waals surface area contributed by atoms with Gasteiger partial charge in [0.25, 0.3) is 0 Å². The molecule has 1 fully saturated rings. The number of likely N-dealkylation sites (tertiary alicyclic amines) is 1. The van der Waals surface area contributed by atoms with Gasteiger partial charge in [0.2, 0.25) is 5.91 Å². The lowest BCUT2D eigenvalue weighted by molar-refractivity contribution is -0.132. The molecular weight excluding hydrogens is 307 g/mol. The summed E-state index contributed by atoms with van der Waals surface area (Å²) in [6.45, 7) is 1.98. The summed E-state index contributed by atoms with van der Waals surface area (Å²) in [6.07, 6.45) is 3.22. The maximum absolute atomic E-state index is 13.3. The molecular formula is C16H24ClFN2O2. The third-order valence-electron chi connectivity index (χ3n) is 3.81. The fourth-order valence-electron chi connectivity index (χ4n) is 2.56. The van der Waals surface area contributed by atoms with E-state index in [4.69, 9.17) is 4.74 Å². The highest BCUT2D eigenvalue weighted by Crippen LogP contribution is 2.16. The Morgan fingerprint density at radius 2 is 2.23 bits per heavy atom. The third kappa shape index (κ3) is 5.46. The number of nitrogens with zero attached hydrogens (tertiary/aromatic N) is 1. The van der Waals surface area contributed by atoms with E-state index in [-0.39, 0.29) is 29.9 Å². The molecule has 1 N–H and O–H groups in total. The number of benzene rings is 1. The topological polar surface area (TPSA) is 41.6 Å². The molecule has 1 atom stereocenters. The van der Waals surface area contributed by atoms with Gasteiger partial charge in [0, 0.05) is 25.6 Å². The number of amides is 1. The molecule has 0 aromatic heterocycles. The van der Waals surface area contributed by atoms with Crippen LogP contribution in [0.5, 0.6) is 5.75 Å². The number of hydrogen-bond acceptors (Lipinski definition) is 3. The van der Waals surface area contributed by atoms with Crippen LogP contribution in [0.1, 0.15) is 25.7 Å². The van der Waals surface area contributed by atoms with E-state index in [1.54, 1.807) is 18.2 Å². The van der Waals surface area contributed by atoms with Crippen molar-refractivity contribution >= 4 is 18.3 Å². The molecule has 2 rings (SSSR count). The summed E-state index contributed by atoms with van der Waals surface area (Å²) in [5, 5.41) is 3.22. The Hall–Kier alpha value is -1.33. The minimum absolute atomic E-state index is 0. The molecule has 1 aliphatic rings. The highest BCUT2D eigenvalue weighted by Gasteiger charge is 2.21. The smallest absolute Gasteiger partial charge is 0.222 e. The predicted molar refractivity (Wildman–Crippen MR) is 87.0 cm³/mol. The standard InChI is InChI=1S/C16H23FN2O2.ClH/c1-18-13-6-4-10-19(12-13)16(20)9-5-11-21-15-8-3-2-7-14(15)17;/h2-3,7-8,13,18H,4-6,9-12H2,1H3;1H. The Bertz CT molecular complexity index is 473. The van der Waals surface area contributed by atoms with Crippen LogP contribution in [0, 0.1) is 5.82 Å². The predicted octanol–water partition coefficient (Wildman–Crippen LogP) is 2.62. The van der Waals surface area contributed by atoms with Gasteiger partial charge < -0.3 is 15.0 Å². The van der Waals surface area contributed by atoms with Crippen LogP contribution in [0.25, 0.3) is 0 Å². The molecule has 0 bridgehead atoms. The molecule has 0 saturated carbocycles. The number of ether oxygens (including phenoxy) is 1. The lowest BCUT2D eigenvalue weighted by Gasteiger charge is -2.32. The van der Waals surface area contributed by atoms with Crippen molar-refractivity contribution in [2.45, 2.75) is 31.7 Å². The molecule has 4 nitrogen and oxygen atoms in total. The minimum Gasteiger partial charge on any atom is -0.491 e. The highest BCUT2D eigenvalue weighted by atomic mass is 35.5. The number of carbonyl (C=O) groups is 1. The van der Waals surface area contributed by atoms with Crippen molar-refractivity contribution in [2.75, 3.05) is 26.7 Å². The van der Waals surface area contributed by atoms with Crippen molar-refractivity contribution in [3.05, 3.63) is 30.1 Å². The number of halogens is 2. The van der Waals surface area contributed by atoms with Gasteiger partial charge in [-0.2, -0.15) is 0 Å². The second-order valence-corrected chi connectivity index (χ2v) is 5.35. The van der Waals surface area contributed by atoms with E-state index in [0.29, 0.717) is 25.5 Å². The van der Waals surface area contributed by atoms with E-state index < -0.39 is 0 Å². The fourth-order valence-corrected chi connectivity index (χ4v) is 2.56. The summed E-state index contributed by atoms with van der Waals surface area (Å²) in [4.78, 5) is 14.0. The Morgan fingerprint density at radius 1 is 1.45 bits per heavy atom. The van der Waals surface area contributed by atoms with Crippen molar-refractivity contribution in [1.82, 2.24) is 10.2 Å². The van der Waals surface area contributed by atoms with Gasteiger partial charge in [0.1, 0.15) is 0 Å². The summed E-state index contributed by atoms with van der Waals surface area (Å²) in [7, 11) is 1.93. The molecule has 1 heterocycles. The molecule has 0 spiro atoms. The van der Waals surface area contributed by atoms with Gasteiger partial charge in [-0.1, -0.05) is 12.1 Å². The third-order valence-corrected chi connectivity index (χ3v) is 3.81. The number of carbonyl (C=O) groups excluding carboxylic acids is 1. The van der Waals surface area contributed by atoms with E-state index in [1.165, 1.54) is 6.07 Å². The fraction of sp³-hybridized carbons (Fsp3) is 0.562. The SMILES string of the molecule is CNC1CCCN(C(=O)CCCOc2ccccc2F)C1.Cl. The van der Waals surface area contributed by atoms with Crippen LogP contribution < -0.4 is 10.1 Å². The number of rotatable bonds is 6. The first-order chi connectivity index (χ1) is 10.2. The van der Waals surface area contributed by atoms with E-state index in [0.717, 1.165) is 25.9 Å². The second-order valence-electron chi connectivity index (χ2n) is 5.35. The molecule has 1 aliphatic heterocycles. The van der Waals surface area contributed by atoms with Crippen molar-refractivity contribution in [2.24, 2.45) is 0 Å². The van der Waals surface area contributed by atoms with Crippen LogP contribution in [0.3, 0.4) is 0 Å². The van der Waals surface area contributed by atoms with Crippen LogP contribution in [-0.2, 0) is 4.79 Å². The number of hydrogen-bond donors (Lipinski definition) is 1. The Kier molecular flexibility index (Phi) is 8.20. The normalized spacial score (nSPS) is 17.7. The van der Waals surface area contributed by atoms with Crippen LogP contribution in [0.15, 0.2) is 24.3 Å². The van der Waals surface area contributed by atoms with Crippen LogP contribution in [0.2, 0.25) is 0 Å². The summed E-state index contributed by atoms with van der Waals surface area (Å²) >= 11 is 0. The summed E-state index contributed by atoms with van der Waals surface area (Å²) in [5.41, 5.74) is 0. The zero-order valence-electron chi connectivity index (χ0n) is 12.9. The molecule has 6 heteroatoms. The maximum atomic E-state index is 13.3. The summed E-state index contributed by atoms with van der Waals surface area (Å²) in [5.74, 6) is 0.0435. The van der Waals surface area contributed by atoms with Crippen molar-refractivity contribution in [1.29, 1.82) is 0 Å². The average Bonchev–Trinajstić information content (AvgIpc) is 2.53. The lowest BCUT2D eigenvalue weighted by atomic mass is 10.1. The first-order valence-electron chi connectivity index (χ1n) is 7.53. The molecule has 1 aromatic carbocycles. The molecule has 22 heavy (non-hydrogen) atoms. The first kappa shape index (κ1) is 18.7. The number of nitrogens with one attached hydrogen (secondary N) is 1. The zero-order valence-corrected chi connectivity index (χ0v) is 13.7. The maximum Gasteiger partial charge on any atom is 0.222 e. The lowest BCUT2D eigenvalue weighted by Crippen LogP contribution is -2.46. The van der Waals surface area contributed by atoms with Crippen LogP contribution in [-0.4, -0.2) is 43.6 Å². The van der Waals surface area contributed by atoms with Crippen LogP contribution in [0.4, 0.5) is 4.39 Å². The molecule has 1 aromatic rings. The number of likely N-dealkylation sites (N-methyl/N-ethyl adjacent to an activating group) is 1. The molecule has 1 saturated heterocycles. The van der Waals surface area contributed by atoms with Gasteiger partial charge in [-0.15, -0.1) is 12.4 Å². The van der Waals surface area contributed by atoms with Gasteiger partial charge in [-0.25, -0.2) is 4.39 Å². The molecule has 0 radical (unpaired) electrons. The van der Waals surface area contributed by atoms with Gasteiger partial charge in [0.05, 0.1) is 6.61 Å². The van der Waals surface area contributed by atoms with Crippen molar-refractivity contribution < 1.29 is 13.9 Å². The number of piperidine rings is 1. The van der Waals surface area contributed by atoms with E-state index in [1.807, 2.05) is 11.9 Å². The largest absolute Gasteiger partial charge is 0.491 e. The molecule has 1 amide bonds. The molecule has 0 aliphatic carbocycles. The van der Waals surface area contributed by atoms with Crippen LogP contribution >= 0.6 is 12.4 Å². The quantitative estimate of drug-likeness (QED) is 0.815. The summed E-state index contributed by atoms with van der Waals surface area (Å²) < 4.78 is 18.7. The second kappa shape index (κ2) is 9.64. The van der Waals surface area contributed by atoms with Gasteiger partial charge in [-0.3, -0.25) is 4.79 Å². The minimum atomic E-state index is -0.364. The number of para-hydroxylation sites is 1. The average molecular weight is 331 g/mol. The summed E-state index contributed by atoms with van der Waals surface area (Å²) in [6, 6.07) is 6.72. The Balaban J connectivity index is 0.00000242. The first-order valence-corrected chi connectivity index (χ1v) is 7.53.